The van der Waals surface area contributed by atoms with Crippen molar-refractivity contribution in [2.75, 3.05) is 0 Å². The Bertz CT molecular complexity index is 407. The highest BCUT2D eigenvalue weighted by Gasteiger charge is 2.15. The lowest BCUT2D eigenvalue weighted by Gasteiger charge is -2.18. The summed E-state index contributed by atoms with van der Waals surface area (Å²) in [5.41, 5.74) is 18.4. The molecule has 2 unspecified atom stereocenters. The molecule has 0 fully saturated rings. The van der Waals surface area contributed by atoms with Crippen molar-refractivity contribution in [3.05, 3.63) is 29.3 Å². The molecule has 0 radical (unpaired) electrons. The SMILES string of the molecule is Cc1ccc(OC(N)CC(N)C(N)=O)c(C)c1. The van der Waals surface area contributed by atoms with E-state index < -0.39 is 18.2 Å². The van der Waals surface area contributed by atoms with Crippen molar-refractivity contribution in [2.24, 2.45) is 17.2 Å². The summed E-state index contributed by atoms with van der Waals surface area (Å²) < 4.78 is 5.51. The molecule has 0 aliphatic carbocycles. The van der Waals surface area contributed by atoms with Crippen LogP contribution < -0.4 is 21.9 Å². The third-order valence-electron chi connectivity index (χ3n) is 2.46. The first-order chi connectivity index (χ1) is 7.90. The molecule has 94 valence electrons. The molecule has 0 aliphatic rings. The molecule has 0 bridgehead atoms. The molecule has 5 heteroatoms. The largest absolute Gasteiger partial charge is 0.475 e. The molecule has 0 saturated heterocycles. The number of amides is 1. The minimum atomic E-state index is -0.782. The molecule has 2 atom stereocenters. The Labute approximate surface area is 101 Å². The topological polar surface area (TPSA) is 104 Å². The highest BCUT2D eigenvalue weighted by Crippen LogP contribution is 2.19. The van der Waals surface area contributed by atoms with Crippen molar-refractivity contribution in [1.82, 2.24) is 0 Å². The maximum Gasteiger partial charge on any atom is 0.234 e. The first-order valence-corrected chi connectivity index (χ1v) is 5.44. The lowest BCUT2D eigenvalue weighted by atomic mass is 10.1. The van der Waals surface area contributed by atoms with E-state index in [-0.39, 0.29) is 6.42 Å². The molecular formula is C12H19N3O2. The smallest absolute Gasteiger partial charge is 0.234 e. The van der Waals surface area contributed by atoms with Gasteiger partial charge in [-0.2, -0.15) is 0 Å². The summed E-state index contributed by atoms with van der Waals surface area (Å²) in [4.78, 5) is 10.8. The number of hydrogen-bond acceptors (Lipinski definition) is 4. The molecule has 6 N–H and O–H groups in total. The molecule has 1 aromatic carbocycles. The zero-order valence-electron chi connectivity index (χ0n) is 10.1. The van der Waals surface area contributed by atoms with Crippen LogP contribution in [-0.2, 0) is 4.79 Å². The average Bonchev–Trinajstić information content (AvgIpc) is 2.22. The Morgan fingerprint density at radius 1 is 1.35 bits per heavy atom. The van der Waals surface area contributed by atoms with E-state index in [1.54, 1.807) is 0 Å². The zero-order chi connectivity index (χ0) is 13.0. The Morgan fingerprint density at radius 2 is 2.00 bits per heavy atom. The van der Waals surface area contributed by atoms with Crippen molar-refractivity contribution in [3.8, 4) is 5.75 Å². The Hall–Kier alpha value is -1.59. The van der Waals surface area contributed by atoms with Gasteiger partial charge in [0, 0.05) is 6.42 Å². The molecule has 0 spiro atoms. The second-order valence-electron chi connectivity index (χ2n) is 4.17. The number of hydrogen-bond donors (Lipinski definition) is 3. The van der Waals surface area contributed by atoms with E-state index in [2.05, 4.69) is 0 Å². The minimum absolute atomic E-state index is 0.197. The van der Waals surface area contributed by atoms with Gasteiger partial charge >= 0.3 is 0 Å². The minimum Gasteiger partial charge on any atom is -0.475 e. The number of benzene rings is 1. The zero-order valence-corrected chi connectivity index (χ0v) is 10.1. The number of aryl methyl sites for hydroxylation is 2. The highest BCUT2D eigenvalue weighted by atomic mass is 16.5. The molecular weight excluding hydrogens is 218 g/mol. The fraction of sp³-hybridized carbons (Fsp3) is 0.417. The van der Waals surface area contributed by atoms with E-state index in [0.717, 1.165) is 11.1 Å². The molecule has 1 aromatic rings. The summed E-state index contributed by atoms with van der Waals surface area (Å²) >= 11 is 0. The second-order valence-corrected chi connectivity index (χ2v) is 4.17. The third kappa shape index (κ3) is 4.05. The van der Waals surface area contributed by atoms with Gasteiger partial charge in [-0.15, -0.1) is 0 Å². The van der Waals surface area contributed by atoms with Crippen LogP contribution in [0.5, 0.6) is 5.75 Å². The third-order valence-corrected chi connectivity index (χ3v) is 2.46. The quantitative estimate of drug-likeness (QED) is 0.635. The summed E-state index contributed by atoms with van der Waals surface area (Å²) in [5.74, 6) is 0.115. The maximum absolute atomic E-state index is 10.8. The van der Waals surface area contributed by atoms with E-state index >= 15 is 0 Å². The normalized spacial score (nSPS) is 14.1. The number of carbonyl (C=O) groups is 1. The number of ether oxygens (including phenoxy) is 1. The van der Waals surface area contributed by atoms with Gasteiger partial charge in [-0.1, -0.05) is 17.7 Å². The standard InChI is InChI=1S/C12H19N3O2/c1-7-3-4-10(8(2)5-7)17-11(14)6-9(13)12(15)16/h3-5,9,11H,6,13-14H2,1-2H3,(H2,15,16). The van der Waals surface area contributed by atoms with Crippen LogP contribution >= 0.6 is 0 Å². The van der Waals surface area contributed by atoms with Gasteiger partial charge < -0.3 is 16.2 Å². The number of rotatable bonds is 5. The Balaban J connectivity index is 2.62. The molecule has 1 rings (SSSR count). The molecule has 0 heterocycles. The van der Waals surface area contributed by atoms with Gasteiger partial charge in [-0.25, -0.2) is 0 Å². The van der Waals surface area contributed by atoms with Crippen molar-refractivity contribution < 1.29 is 9.53 Å². The first kappa shape index (κ1) is 13.5. The predicted molar refractivity (Wildman–Crippen MR) is 66.3 cm³/mol. The summed E-state index contributed by atoms with van der Waals surface area (Å²) in [7, 11) is 0. The fourth-order valence-corrected chi connectivity index (χ4v) is 1.51. The van der Waals surface area contributed by atoms with Gasteiger partial charge in [-0.3, -0.25) is 10.5 Å². The molecule has 0 aromatic heterocycles. The van der Waals surface area contributed by atoms with Crippen LogP contribution in [-0.4, -0.2) is 18.2 Å². The van der Waals surface area contributed by atoms with E-state index in [9.17, 15) is 4.79 Å². The van der Waals surface area contributed by atoms with Crippen molar-refractivity contribution >= 4 is 5.91 Å². The first-order valence-electron chi connectivity index (χ1n) is 5.44. The summed E-state index contributed by atoms with van der Waals surface area (Å²) in [6.07, 6.45) is -0.443. The van der Waals surface area contributed by atoms with Crippen molar-refractivity contribution in [2.45, 2.75) is 32.5 Å². The van der Waals surface area contributed by atoms with Crippen LogP contribution in [0, 0.1) is 13.8 Å². The lowest BCUT2D eigenvalue weighted by molar-refractivity contribution is -0.119. The molecule has 0 saturated carbocycles. The fourth-order valence-electron chi connectivity index (χ4n) is 1.51. The van der Waals surface area contributed by atoms with Gasteiger partial charge in [0.05, 0.1) is 6.04 Å². The number of primary amides is 1. The van der Waals surface area contributed by atoms with E-state index in [1.807, 2.05) is 32.0 Å². The van der Waals surface area contributed by atoms with E-state index in [1.165, 1.54) is 0 Å². The van der Waals surface area contributed by atoms with Crippen LogP contribution in [0.1, 0.15) is 17.5 Å². The van der Waals surface area contributed by atoms with Crippen LogP contribution in [0.25, 0.3) is 0 Å². The van der Waals surface area contributed by atoms with Gasteiger partial charge in [-0.05, 0) is 25.5 Å². The van der Waals surface area contributed by atoms with Crippen LogP contribution in [0.15, 0.2) is 18.2 Å². The van der Waals surface area contributed by atoms with Crippen molar-refractivity contribution in [3.63, 3.8) is 0 Å². The van der Waals surface area contributed by atoms with Crippen LogP contribution in [0.2, 0.25) is 0 Å². The Morgan fingerprint density at radius 3 is 2.53 bits per heavy atom. The molecule has 0 aliphatic heterocycles. The van der Waals surface area contributed by atoms with Crippen LogP contribution in [0.3, 0.4) is 0 Å². The van der Waals surface area contributed by atoms with Crippen LogP contribution in [0.4, 0.5) is 0 Å². The predicted octanol–water partition coefficient (Wildman–Crippen LogP) is 0.170. The lowest BCUT2D eigenvalue weighted by Crippen LogP contribution is -2.43. The van der Waals surface area contributed by atoms with E-state index in [0.29, 0.717) is 5.75 Å². The average molecular weight is 237 g/mol. The van der Waals surface area contributed by atoms with Gasteiger partial charge in [0.1, 0.15) is 12.0 Å². The van der Waals surface area contributed by atoms with Gasteiger partial charge in [0.25, 0.3) is 0 Å². The highest BCUT2D eigenvalue weighted by molar-refractivity contribution is 5.79. The maximum atomic E-state index is 10.8. The summed E-state index contributed by atoms with van der Waals surface area (Å²) in [5, 5.41) is 0. The Kier molecular flexibility index (Phi) is 4.48. The molecule has 17 heavy (non-hydrogen) atoms. The van der Waals surface area contributed by atoms with Crippen molar-refractivity contribution in [1.29, 1.82) is 0 Å². The number of carbonyl (C=O) groups excluding carboxylic acids is 1. The molecule has 5 nitrogen and oxygen atoms in total. The van der Waals surface area contributed by atoms with Gasteiger partial charge in [0.2, 0.25) is 5.91 Å². The monoisotopic (exact) mass is 237 g/mol. The summed E-state index contributed by atoms with van der Waals surface area (Å²) in [6.45, 7) is 3.93. The number of nitrogens with two attached hydrogens (primary N) is 3. The van der Waals surface area contributed by atoms with E-state index in [4.69, 9.17) is 21.9 Å². The van der Waals surface area contributed by atoms with Gasteiger partial charge in [0.15, 0.2) is 0 Å². The summed E-state index contributed by atoms with van der Waals surface area (Å²) in [6, 6.07) is 5.00. The molecule has 1 amide bonds. The second kappa shape index (κ2) is 5.65.